The van der Waals surface area contributed by atoms with Gasteiger partial charge in [0.15, 0.2) is 5.96 Å². The molecule has 0 bridgehead atoms. The maximum Gasteiger partial charge on any atom is 0.191 e. The molecule has 3 aromatic rings. The van der Waals surface area contributed by atoms with Gasteiger partial charge in [-0.3, -0.25) is 0 Å². The molecule has 0 fully saturated rings. The summed E-state index contributed by atoms with van der Waals surface area (Å²) in [5, 5.41) is 9.94. The van der Waals surface area contributed by atoms with Crippen molar-refractivity contribution in [1.82, 2.24) is 10.6 Å². The summed E-state index contributed by atoms with van der Waals surface area (Å²) in [6, 6.07) is 15.4. The molecule has 2 aromatic carbocycles. The van der Waals surface area contributed by atoms with E-state index in [1.54, 1.807) is 36.6 Å². The Bertz CT molecular complexity index is 1140. The van der Waals surface area contributed by atoms with Crippen LogP contribution in [0.5, 0.6) is 11.5 Å². The first-order valence-corrected chi connectivity index (χ1v) is 14.1. The normalized spacial score (nSPS) is 11.2. The van der Waals surface area contributed by atoms with Crippen molar-refractivity contribution in [3.63, 3.8) is 0 Å². The molecule has 1 heterocycles. The summed E-state index contributed by atoms with van der Waals surface area (Å²) in [6.45, 7) is 6.97. The topological polar surface area (TPSA) is 73.3 Å². The molecule has 0 unspecified atom stereocenters. The molecule has 11 heteroatoms. The molecule has 0 atom stereocenters. The number of methoxy groups -OCH3 is 1. The molecule has 2 N–H and O–H groups in total. The first kappa shape index (κ1) is 33.4. The van der Waals surface area contributed by atoms with E-state index in [9.17, 15) is 0 Å². The van der Waals surface area contributed by atoms with Gasteiger partial charge in [0.2, 0.25) is 0 Å². The van der Waals surface area contributed by atoms with Crippen molar-refractivity contribution in [2.24, 2.45) is 4.99 Å². The van der Waals surface area contributed by atoms with Gasteiger partial charge in [0.1, 0.15) is 11.5 Å². The highest BCUT2D eigenvalue weighted by molar-refractivity contribution is 8.93. The lowest BCUT2D eigenvalue weighted by molar-refractivity contribution is 0.0245. The number of benzene rings is 2. The van der Waals surface area contributed by atoms with E-state index in [0.29, 0.717) is 61.9 Å². The van der Waals surface area contributed by atoms with Crippen LogP contribution < -0.4 is 15.4 Å². The fourth-order valence-corrected chi connectivity index (χ4v) is 4.47. The van der Waals surface area contributed by atoms with Crippen LogP contribution in [0.25, 0.3) is 0 Å². The van der Waals surface area contributed by atoms with E-state index in [1.165, 1.54) is 4.88 Å². The zero-order valence-electron chi connectivity index (χ0n) is 22.2. The number of hydrogen-bond donors (Lipinski definition) is 2. The molecule has 0 spiro atoms. The average molecular weight is 661 g/mol. The summed E-state index contributed by atoms with van der Waals surface area (Å²) < 4.78 is 22.0. The summed E-state index contributed by atoms with van der Waals surface area (Å²) in [5.74, 6) is 2.06. The predicted octanol–water partition coefficient (Wildman–Crippen LogP) is 7.04. The number of nitrogens with one attached hydrogen (secondary N) is 2. The van der Waals surface area contributed by atoms with E-state index < -0.39 is 0 Å². The Kier molecular flexibility index (Phi) is 16.5. The molecule has 0 aliphatic carbocycles. The second-order valence-electron chi connectivity index (χ2n) is 8.37. The highest BCUT2D eigenvalue weighted by Crippen LogP contribution is 2.33. The van der Waals surface area contributed by atoms with Crippen molar-refractivity contribution in [3.8, 4) is 11.5 Å². The number of hydrogen-bond acceptors (Lipinski definition) is 6. The first-order chi connectivity index (χ1) is 18.5. The lowest BCUT2D eigenvalue weighted by Crippen LogP contribution is -2.37. The van der Waals surface area contributed by atoms with E-state index >= 15 is 0 Å². The van der Waals surface area contributed by atoms with Crippen molar-refractivity contribution in [1.29, 1.82) is 0 Å². The Morgan fingerprint density at radius 1 is 0.923 bits per heavy atom. The van der Waals surface area contributed by atoms with Crippen LogP contribution in [0, 0.1) is 6.92 Å². The lowest BCUT2D eigenvalue weighted by atomic mass is 10.1. The maximum absolute atomic E-state index is 6.26. The van der Waals surface area contributed by atoms with E-state index in [2.05, 4.69) is 28.1 Å². The van der Waals surface area contributed by atoms with Crippen LogP contribution in [0.2, 0.25) is 10.0 Å². The minimum atomic E-state index is 0. The van der Waals surface area contributed by atoms with Crippen molar-refractivity contribution in [2.45, 2.75) is 26.4 Å². The zero-order chi connectivity index (χ0) is 27.0. The molecule has 0 saturated heterocycles. The molecule has 0 amide bonds. The Labute approximate surface area is 255 Å². The van der Waals surface area contributed by atoms with Crippen molar-refractivity contribution in [3.05, 3.63) is 80.0 Å². The van der Waals surface area contributed by atoms with Crippen molar-refractivity contribution >= 4 is 57.5 Å². The Morgan fingerprint density at radius 3 is 2.41 bits per heavy atom. The molecule has 0 aliphatic rings. The van der Waals surface area contributed by atoms with Gasteiger partial charge < -0.3 is 29.6 Å². The van der Waals surface area contributed by atoms with Gasteiger partial charge in [-0.2, -0.15) is 0 Å². The van der Waals surface area contributed by atoms with Crippen molar-refractivity contribution in [2.75, 3.05) is 46.7 Å². The third-order valence-corrected chi connectivity index (χ3v) is 6.75. The lowest BCUT2D eigenvalue weighted by Gasteiger charge is -2.13. The Balaban J connectivity index is 0.00000533. The summed E-state index contributed by atoms with van der Waals surface area (Å²) in [5.41, 5.74) is 2.07. The van der Waals surface area contributed by atoms with Gasteiger partial charge in [0.25, 0.3) is 0 Å². The van der Waals surface area contributed by atoms with Crippen LogP contribution in [0.1, 0.15) is 22.4 Å². The number of aliphatic imine (C=N–C) groups is 1. The molecular formula is C28H36BrCl2N3O4S. The molecule has 0 radical (unpaired) electrons. The van der Waals surface area contributed by atoms with Gasteiger partial charge in [-0.15, -0.1) is 28.3 Å². The number of ether oxygens (including phenoxy) is 4. The van der Waals surface area contributed by atoms with Gasteiger partial charge in [0.05, 0.1) is 44.5 Å². The highest BCUT2D eigenvalue weighted by atomic mass is 79.9. The third-order valence-electron chi connectivity index (χ3n) is 5.34. The van der Waals surface area contributed by atoms with Crippen LogP contribution >= 0.6 is 51.5 Å². The quantitative estimate of drug-likeness (QED) is 0.0976. The Morgan fingerprint density at radius 2 is 1.69 bits per heavy atom. The molecule has 214 valence electrons. The van der Waals surface area contributed by atoms with Crippen molar-refractivity contribution < 1.29 is 18.9 Å². The summed E-state index contributed by atoms with van der Waals surface area (Å²) in [4.78, 5) is 6.04. The second kappa shape index (κ2) is 19.3. The van der Waals surface area contributed by atoms with Gasteiger partial charge >= 0.3 is 0 Å². The standard InChI is InChI=1S/C28H35Cl2N3O4S.BrH/c1-21-17-22(6-8-26(21)37-27-9-7-23(29)18-25(27)30)19-32-28(33-20-24-5-3-16-38-24)31-10-4-11-35-14-15-36-13-12-34-2;/h3,5-9,16-18H,4,10-15,19-20H2,1-2H3,(H2,31,32,33);1H. The fourth-order valence-electron chi connectivity index (χ4n) is 3.37. The largest absolute Gasteiger partial charge is 0.456 e. The SMILES string of the molecule is Br.COCCOCCOCCCNC(=NCc1ccc(Oc2ccc(Cl)cc2Cl)c(C)c1)NCc1cccs1. The number of nitrogens with zero attached hydrogens (tertiary/aromatic N) is 1. The van der Waals surface area contributed by atoms with Gasteiger partial charge in [-0.05, 0) is 60.2 Å². The number of halogens is 3. The van der Waals surface area contributed by atoms with Gasteiger partial charge in [-0.25, -0.2) is 4.99 Å². The van der Waals surface area contributed by atoms with E-state index in [0.717, 1.165) is 35.8 Å². The first-order valence-electron chi connectivity index (χ1n) is 12.5. The molecular weight excluding hydrogens is 625 g/mol. The van der Waals surface area contributed by atoms with Crippen LogP contribution in [-0.2, 0) is 27.3 Å². The average Bonchev–Trinajstić information content (AvgIpc) is 3.43. The maximum atomic E-state index is 6.26. The molecule has 0 aliphatic heterocycles. The Hall–Kier alpha value is -1.85. The minimum Gasteiger partial charge on any atom is -0.456 e. The summed E-state index contributed by atoms with van der Waals surface area (Å²) in [6.07, 6.45) is 0.857. The van der Waals surface area contributed by atoms with Gasteiger partial charge in [0, 0.05) is 30.2 Å². The smallest absolute Gasteiger partial charge is 0.191 e. The van der Waals surface area contributed by atoms with Gasteiger partial charge in [-0.1, -0.05) is 41.4 Å². The second-order valence-corrected chi connectivity index (χ2v) is 10.2. The van der Waals surface area contributed by atoms with Crippen LogP contribution in [0.3, 0.4) is 0 Å². The number of thiophene rings is 1. The zero-order valence-corrected chi connectivity index (χ0v) is 26.3. The van der Waals surface area contributed by atoms with Crippen LogP contribution in [-0.4, -0.2) is 52.6 Å². The minimum absolute atomic E-state index is 0. The summed E-state index contributed by atoms with van der Waals surface area (Å²) >= 11 is 14.0. The van der Waals surface area contributed by atoms with Crippen LogP contribution in [0.15, 0.2) is 58.9 Å². The number of aryl methyl sites for hydroxylation is 1. The highest BCUT2D eigenvalue weighted by Gasteiger charge is 2.08. The molecule has 3 rings (SSSR count). The van der Waals surface area contributed by atoms with Crippen LogP contribution in [0.4, 0.5) is 0 Å². The van der Waals surface area contributed by atoms with E-state index in [1.807, 2.05) is 25.1 Å². The fraction of sp³-hybridized carbons (Fsp3) is 0.393. The number of rotatable bonds is 16. The molecule has 39 heavy (non-hydrogen) atoms. The third kappa shape index (κ3) is 12.9. The molecule has 0 saturated carbocycles. The van der Waals surface area contributed by atoms with E-state index in [4.69, 9.17) is 47.1 Å². The predicted molar refractivity (Wildman–Crippen MR) is 166 cm³/mol. The monoisotopic (exact) mass is 659 g/mol. The molecule has 1 aromatic heterocycles. The molecule has 7 nitrogen and oxygen atoms in total. The van der Waals surface area contributed by atoms with E-state index in [-0.39, 0.29) is 17.0 Å². The number of guanidine groups is 1. The summed E-state index contributed by atoms with van der Waals surface area (Å²) in [7, 11) is 1.66.